The standard InChI is InChI=1S/C24H33N5O4/c1-16-14-28(23(31)33-22-7-5-6-10-27-22)21-11-18(8-9-20(21)29(16)17(2)30)19(12-25)13-26-15-24(3,4)32/h5-11,16,19,26,32H,12-15,25H2,1-4H3/t16-,19?/m0/s1. The van der Waals surface area contributed by atoms with Crippen molar-refractivity contribution in [3.05, 3.63) is 48.2 Å². The summed E-state index contributed by atoms with van der Waals surface area (Å²) in [4.78, 5) is 32.7. The second-order valence-electron chi connectivity index (χ2n) is 9.01. The highest BCUT2D eigenvalue weighted by atomic mass is 16.6. The lowest BCUT2D eigenvalue weighted by atomic mass is 9.95. The van der Waals surface area contributed by atoms with Crippen molar-refractivity contribution in [3.8, 4) is 5.88 Å². The number of nitrogens with zero attached hydrogens (tertiary/aromatic N) is 3. The molecule has 0 saturated heterocycles. The first-order valence-corrected chi connectivity index (χ1v) is 11.1. The molecule has 0 aliphatic carbocycles. The predicted molar refractivity (Wildman–Crippen MR) is 128 cm³/mol. The van der Waals surface area contributed by atoms with Crippen LogP contribution >= 0.6 is 0 Å². The zero-order valence-electron chi connectivity index (χ0n) is 19.6. The van der Waals surface area contributed by atoms with Crippen LogP contribution in [-0.4, -0.2) is 59.9 Å². The fraction of sp³-hybridized carbons (Fsp3) is 0.458. The number of nitrogens with two attached hydrogens (primary N) is 1. The number of hydrogen-bond donors (Lipinski definition) is 3. The van der Waals surface area contributed by atoms with Gasteiger partial charge in [-0.1, -0.05) is 12.1 Å². The normalized spacial score (nSPS) is 16.8. The summed E-state index contributed by atoms with van der Waals surface area (Å²) in [5, 5.41) is 13.2. The SMILES string of the molecule is CC(=O)N1c2ccc(C(CN)CNCC(C)(C)O)cc2N(C(=O)Oc2ccccn2)C[C@@H]1C. The molecule has 2 heterocycles. The van der Waals surface area contributed by atoms with Gasteiger partial charge in [0.05, 0.1) is 23.0 Å². The number of benzene rings is 1. The van der Waals surface area contributed by atoms with Crippen molar-refractivity contribution >= 4 is 23.4 Å². The van der Waals surface area contributed by atoms with E-state index in [1.807, 2.05) is 25.1 Å². The largest absolute Gasteiger partial charge is 0.421 e. The van der Waals surface area contributed by atoms with Gasteiger partial charge >= 0.3 is 6.09 Å². The molecular formula is C24H33N5O4. The van der Waals surface area contributed by atoms with E-state index < -0.39 is 11.7 Å². The Bertz CT molecular complexity index is 977. The van der Waals surface area contributed by atoms with Gasteiger partial charge in [0.1, 0.15) is 0 Å². The molecule has 2 aromatic rings. The maximum absolute atomic E-state index is 13.1. The maximum Gasteiger partial charge on any atom is 0.421 e. The summed E-state index contributed by atoms with van der Waals surface area (Å²) in [7, 11) is 0. The van der Waals surface area contributed by atoms with Crippen molar-refractivity contribution in [3.63, 3.8) is 0 Å². The summed E-state index contributed by atoms with van der Waals surface area (Å²) < 4.78 is 5.49. The molecule has 3 rings (SSSR count). The highest BCUT2D eigenvalue weighted by molar-refractivity contribution is 6.02. The van der Waals surface area contributed by atoms with Gasteiger partial charge in [-0.25, -0.2) is 9.78 Å². The van der Waals surface area contributed by atoms with E-state index in [0.717, 1.165) is 5.56 Å². The van der Waals surface area contributed by atoms with Crippen LogP contribution in [0.5, 0.6) is 5.88 Å². The number of fused-ring (bicyclic) bond motifs is 1. The van der Waals surface area contributed by atoms with Crippen molar-refractivity contribution in [2.75, 3.05) is 36.0 Å². The smallest absolute Gasteiger partial charge is 0.391 e. The molecule has 0 bridgehead atoms. The van der Waals surface area contributed by atoms with Crippen LogP contribution in [0, 0.1) is 0 Å². The topological polar surface area (TPSA) is 121 Å². The van der Waals surface area contributed by atoms with Gasteiger partial charge in [-0.3, -0.25) is 9.69 Å². The Labute approximate surface area is 194 Å². The van der Waals surface area contributed by atoms with Crippen molar-refractivity contribution < 1.29 is 19.4 Å². The van der Waals surface area contributed by atoms with E-state index in [-0.39, 0.29) is 30.3 Å². The number of aromatic nitrogens is 1. The minimum atomic E-state index is -0.834. The molecule has 0 saturated carbocycles. The number of hydrogen-bond acceptors (Lipinski definition) is 7. The van der Waals surface area contributed by atoms with Crippen LogP contribution in [-0.2, 0) is 4.79 Å². The third kappa shape index (κ3) is 6.07. The Balaban J connectivity index is 1.92. The van der Waals surface area contributed by atoms with E-state index in [2.05, 4.69) is 10.3 Å². The lowest BCUT2D eigenvalue weighted by Gasteiger charge is -2.40. The van der Waals surface area contributed by atoms with Crippen molar-refractivity contribution in [1.29, 1.82) is 0 Å². The van der Waals surface area contributed by atoms with E-state index >= 15 is 0 Å². The molecule has 0 fully saturated rings. The van der Waals surface area contributed by atoms with Crippen LogP contribution < -0.4 is 25.6 Å². The number of anilines is 2. The Hall–Kier alpha value is -3.01. The maximum atomic E-state index is 13.1. The molecule has 0 spiro atoms. The molecule has 4 N–H and O–H groups in total. The zero-order chi connectivity index (χ0) is 24.2. The van der Waals surface area contributed by atoms with E-state index in [1.165, 1.54) is 11.8 Å². The zero-order valence-corrected chi connectivity index (χ0v) is 19.6. The van der Waals surface area contributed by atoms with Crippen LogP contribution in [0.15, 0.2) is 42.6 Å². The Morgan fingerprint density at radius 3 is 2.67 bits per heavy atom. The third-order valence-electron chi connectivity index (χ3n) is 5.53. The molecule has 178 valence electrons. The van der Waals surface area contributed by atoms with Crippen LogP contribution in [0.2, 0.25) is 0 Å². The first-order chi connectivity index (χ1) is 15.6. The molecule has 1 aromatic heterocycles. The third-order valence-corrected chi connectivity index (χ3v) is 5.53. The molecule has 2 atom stereocenters. The van der Waals surface area contributed by atoms with E-state index in [9.17, 15) is 14.7 Å². The molecular weight excluding hydrogens is 422 g/mol. The van der Waals surface area contributed by atoms with E-state index in [4.69, 9.17) is 10.5 Å². The minimum Gasteiger partial charge on any atom is -0.391 e. The van der Waals surface area contributed by atoms with Crippen molar-refractivity contribution in [1.82, 2.24) is 10.3 Å². The number of ether oxygens (including phenoxy) is 1. The lowest BCUT2D eigenvalue weighted by Crippen LogP contribution is -2.52. The number of carbonyl (C=O) groups is 2. The van der Waals surface area contributed by atoms with Crippen LogP contribution in [0.25, 0.3) is 0 Å². The molecule has 1 unspecified atom stereocenters. The average Bonchev–Trinajstić information content (AvgIpc) is 2.75. The highest BCUT2D eigenvalue weighted by Gasteiger charge is 2.35. The van der Waals surface area contributed by atoms with Gasteiger partial charge in [0.2, 0.25) is 11.8 Å². The molecule has 33 heavy (non-hydrogen) atoms. The average molecular weight is 456 g/mol. The summed E-state index contributed by atoms with van der Waals surface area (Å²) in [6.07, 6.45) is 0.990. The van der Waals surface area contributed by atoms with Crippen LogP contribution in [0.4, 0.5) is 16.2 Å². The lowest BCUT2D eigenvalue weighted by molar-refractivity contribution is -0.117. The quantitative estimate of drug-likeness (QED) is 0.585. The number of nitrogens with one attached hydrogen (secondary N) is 1. The van der Waals surface area contributed by atoms with Gasteiger partial charge in [-0.15, -0.1) is 0 Å². The number of rotatable bonds is 7. The van der Waals surface area contributed by atoms with Gasteiger partial charge in [0, 0.05) is 51.3 Å². The Morgan fingerprint density at radius 1 is 1.30 bits per heavy atom. The fourth-order valence-electron chi connectivity index (χ4n) is 3.99. The van der Waals surface area contributed by atoms with Crippen molar-refractivity contribution in [2.24, 2.45) is 5.73 Å². The van der Waals surface area contributed by atoms with Crippen LogP contribution in [0.3, 0.4) is 0 Å². The monoisotopic (exact) mass is 455 g/mol. The van der Waals surface area contributed by atoms with Gasteiger partial charge in [0.15, 0.2) is 0 Å². The molecule has 1 aromatic carbocycles. The van der Waals surface area contributed by atoms with Gasteiger partial charge in [-0.05, 0) is 44.5 Å². The summed E-state index contributed by atoms with van der Waals surface area (Å²) in [6, 6.07) is 10.5. The second-order valence-corrected chi connectivity index (χ2v) is 9.01. The van der Waals surface area contributed by atoms with Gasteiger partial charge < -0.3 is 25.8 Å². The minimum absolute atomic E-state index is 0.0450. The number of amides is 2. The molecule has 1 aliphatic rings. The highest BCUT2D eigenvalue weighted by Crippen LogP contribution is 2.38. The second kappa shape index (κ2) is 10.3. The van der Waals surface area contributed by atoms with Crippen LogP contribution in [0.1, 0.15) is 39.2 Å². The molecule has 9 nitrogen and oxygen atoms in total. The summed E-state index contributed by atoms with van der Waals surface area (Å²) in [6.45, 7) is 8.52. The van der Waals surface area contributed by atoms with Gasteiger partial charge in [0.25, 0.3) is 0 Å². The molecule has 2 amide bonds. The predicted octanol–water partition coefficient (Wildman–Crippen LogP) is 2.24. The molecule has 9 heteroatoms. The summed E-state index contributed by atoms with van der Waals surface area (Å²) in [5.74, 6) is 0.0606. The van der Waals surface area contributed by atoms with Crippen molar-refractivity contribution in [2.45, 2.75) is 45.3 Å². The first-order valence-electron chi connectivity index (χ1n) is 11.1. The van der Waals surface area contributed by atoms with Gasteiger partial charge in [-0.2, -0.15) is 0 Å². The summed E-state index contributed by atoms with van der Waals surface area (Å²) in [5.41, 5.74) is 7.36. The Morgan fingerprint density at radius 2 is 2.06 bits per heavy atom. The molecule has 0 radical (unpaired) electrons. The van der Waals surface area contributed by atoms with E-state index in [0.29, 0.717) is 31.0 Å². The number of pyridine rings is 1. The fourth-order valence-corrected chi connectivity index (χ4v) is 3.99. The number of carbonyl (C=O) groups excluding carboxylic acids is 2. The van der Waals surface area contributed by atoms with E-state index in [1.54, 1.807) is 43.1 Å². The number of aliphatic hydroxyl groups is 1. The Kier molecular flexibility index (Phi) is 7.68. The first kappa shape index (κ1) is 24.6. The summed E-state index contributed by atoms with van der Waals surface area (Å²) >= 11 is 0. The molecule has 1 aliphatic heterocycles.